The average Bonchev–Trinajstić information content (AvgIpc) is 3.95. The topological polar surface area (TPSA) is 56.7 Å². The summed E-state index contributed by atoms with van der Waals surface area (Å²) in [6.07, 6.45) is 1.65. The first-order valence-electron chi connectivity index (χ1n) is 21.4. The van der Waals surface area contributed by atoms with Crippen molar-refractivity contribution in [3.63, 3.8) is 0 Å². The number of thiophene rings is 1. The summed E-state index contributed by atoms with van der Waals surface area (Å²) < 4.78 is 47.6. The molecule has 11 rings (SSSR count). The van der Waals surface area contributed by atoms with Crippen LogP contribution in [0.4, 0.5) is 4.39 Å². The normalized spacial score (nSPS) is 12.7. The Labute approximate surface area is 376 Å². The van der Waals surface area contributed by atoms with Crippen LogP contribution in [0.1, 0.15) is 26.5 Å². The van der Waals surface area contributed by atoms with Gasteiger partial charge in [-0.15, -0.1) is 59.4 Å². The van der Waals surface area contributed by atoms with E-state index >= 15 is 0 Å². The van der Waals surface area contributed by atoms with Crippen molar-refractivity contribution in [3.05, 3.63) is 162 Å². The van der Waals surface area contributed by atoms with E-state index < -0.39 is 14.9 Å². The summed E-state index contributed by atoms with van der Waals surface area (Å²) in [5, 5.41) is 7.80. The van der Waals surface area contributed by atoms with Gasteiger partial charge in [-0.05, 0) is 85.3 Å². The first kappa shape index (κ1) is 37.0. The molecule has 0 atom stereocenters. The van der Waals surface area contributed by atoms with Crippen LogP contribution in [0.5, 0.6) is 0 Å². The van der Waals surface area contributed by atoms with E-state index in [9.17, 15) is 4.39 Å². The molecule has 0 aliphatic rings. The second kappa shape index (κ2) is 15.6. The molecule has 0 saturated heterocycles. The minimum absolute atomic E-state index is 0. The molecule has 0 aliphatic heterocycles. The molecule has 5 nitrogen and oxygen atoms in total. The van der Waals surface area contributed by atoms with Gasteiger partial charge in [0.25, 0.3) is 0 Å². The molecule has 0 amide bonds. The van der Waals surface area contributed by atoms with Gasteiger partial charge in [-0.3, -0.25) is 9.37 Å². The standard InChI is InChI=1S/C37H24N3OS.C15H17FNSi.Ir/c1-20-19-29-25-11-6-7-14-31(25)42-35(29)22(3)32(20)40-33-24-10-5-4-9-23(24)16-18-30(33)39-36(40)28-13-8-12-26-27-17-15-21(2)38-37(27)41-34(26)28;1-11-9-14(12-5-7-13(16)8-6-12)17-10-15(11)18(2,3)4;/h4-12,14-19H,1-3H3;5,7-10H,1-4H3;/q2*-1;/i;1D3;. The van der Waals surface area contributed by atoms with Crippen LogP contribution in [-0.4, -0.2) is 27.6 Å². The molecular formula is C52H41FIrN4OSSi-2. The number of fused-ring (bicyclic) bond motifs is 9. The van der Waals surface area contributed by atoms with Crippen molar-refractivity contribution in [2.75, 3.05) is 0 Å². The molecule has 1 radical (unpaired) electrons. The summed E-state index contributed by atoms with van der Waals surface area (Å²) in [7, 11) is -1.81. The summed E-state index contributed by atoms with van der Waals surface area (Å²) in [5.41, 5.74) is 10.2. The van der Waals surface area contributed by atoms with E-state index in [1.165, 1.54) is 48.8 Å². The molecule has 0 fully saturated rings. The predicted molar refractivity (Wildman–Crippen MR) is 251 cm³/mol. The van der Waals surface area contributed by atoms with Gasteiger partial charge in [0.2, 0.25) is 5.71 Å². The van der Waals surface area contributed by atoms with Crippen molar-refractivity contribution in [3.8, 4) is 28.3 Å². The number of halogens is 1. The van der Waals surface area contributed by atoms with Gasteiger partial charge in [0.05, 0.1) is 30.5 Å². The van der Waals surface area contributed by atoms with Gasteiger partial charge in [-0.25, -0.2) is 4.98 Å². The third-order valence-electron chi connectivity index (χ3n) is 11.3. The van der Waals surface area contributed by atoms with E-state index in [4.69, 9.17) is 13.5 Å². The first-order valence-corrected chi connectivity index (χ1v) is 24.2. The molecule has 0 saturated carbocycles. The largest absolute Gasteiger partial charge is 0.486 e. The van der Waals surface area contributed by atoms with E-state index in [2.05, 4.69) is 139 Å². The van der Waals surface area contributed by atoms with Crippen molar-refractivity contribution >= 4 is 88.6 Å². The number of furan rings is 1. The monoisotopic (exact) mass is 1010 g/mol. The fourth-order valence-electron chi connectivity index (χ4n) is 8.39. The number of imidazole rings is 1. The summed E-state index contributed by atoms with van der Waals surface area (Å²) in [4.78, 5) is 14.3. The van der Waals surface area contributed by atoms with Crippen molar-refractivity contribution < 1.29 is 33.0 Å². The van der Waals surface area contributed by atoms with Crippen LogP contribution in [0.15, 0.2) is 126 Å². The number of hydrogen-bond donors (Lipinski definition) is 0. The Morgan fingerprint density at radius 2 is 1.59 bits per heavy atom. The SMILES string of the molecule is Cc1ccc2c(n1)oc1c(-c3nc4ccc5ccccc5c4n3-c3c(C)cc4c(sc5ccccc54)c3C)[c-]ccc12.[2H]C([2H])([2H])c1cc(-c2[c-]cc(F)cc2)ncc1[Si](C)(C)C.[Ir]. The van der Waals surface area contributed by atoms with Crippen LogP contribution in [0.25, 0.3) is 92.4 Å². The molecule has 61 heavy (non-hydrogen) atoms. The van der Waals surface area contributed by atoms with Crippen molar-refractivity contribution in [1.29, 1.82) is 0 Å². The number of rotatable bonds is 4. The van der Waals surface area contributed by atoms with E-state index in [0.29, 0.717) is 22.5 Å². The molecule has 11 aromatic rings. The second-order valence-electron chi connectivity index (χ2n) is 16.4. The molecule has 0 N–H and O–H groups in total. The van der Waals surface area contributed by atoms with Gasteiger partial charge in [0, 0.05) is 78.6 Å². The number of aryl methyl sites for hydroxylation is 4. The maximum atomic E-state index is 13.0. The van der Waals surface area contributed by atoms with Gasteiger partial charge in [-0.1, -0.05) is 90.8 Å². The minimum Gasteiger partial charge on any atom is -0.486 e. The molecule has 9 heteroatoms. The zero-order valence-corrected chi connectivity index (χ0v) is 38.6. The maximum absolute atomic E-state index is 13.0. The molecule has 0 spiro atoms. The second-order valence-corrected chi connectivity index (χ2v) is 22.4. The third-order valence-corrected chi connectivity index (χ3v) is 14.6. The van der Waals surface area contributed by atoms with E-state index in [-0.39, 0.29) is 25.9 Å². The first-order chi connectivity index (χ1) is 30.2. The fourth-order valence-corrected chi connectivity index (χ4v) is 10.9. The summed E-state index contributed by atoms with van der Waals surface area (Å²) in [5.74, 6) is 0.433. The average molecular weight is 1010 g/mol. The van der Waals surface area contributed by atoms with Gasteiger partial charge in [0.15, 0.2) is 0 Å². The van der Waals surface area contributed by atoms with Crippen LogP contribution in [-0.2, 0) is 20.1 Å². The van der Waals surface area contributed by atoms with Crippen LogP contribution in [0.3, 0.4) is 0 Å². The van der Waals surface area contributed by atoms with Crippen LogP contribution in [0.2, 0.25) is 19.6 Å². The number of hydrogen-bond acceptors (Lipinski definition) is 5. The Balaban J connectivity index is 0.000000200. The quantitative estimate of drug-likeness (QED) is 0.130. The zero-order chi connectivity index (χ0) is 43.9. The Kier molecular flexibility index (Phi) is 9.44. The molecular weight excluding hydrogens is 968 g/mol. The molecule has 6 aromatic carbocycles. The smallest absolute Gasteiger partial charge is 0.216 e. The van der Waals surface area contributed by atoms with Crippen molar-refractivity contribution in [2.24, 2.45) is 0 Å². The number of pyridine rings is 2. The van der Waals surface area contributed by atoms with Crippen molar-refractivity contribution in [2.45, 2.75) is 47.3 Å². The molecule has 0 aliphatic carbocycles. The van der Waals surface area contributed by atoms with E-state index in [1.807, 2.05) is 30.4 Å². The summed E-state index contributed by atoms with van der Waals surface area (Å²) in [6, 6.07) is 44.0. The Morgan fingerprint density at radius 1 is 0.787 bits per heavy atom. The van der Waals surface area contributed by atoms with Crippen molar-refractivity contribution in [1.82, 2.24) is 19.5 Å². The Hall–Kier alpha value is -5.83. The van der Waals surface area contributed by atoms with Gasteiger partial charge < -0.3 is 14.0 Å². The Bertz CT molecular complexity index is 3610. The predicted octanol–water partition coefficient (Wildman–Crippen LogP) is 13.8. The molecule has 0 unspecified atom stereocenters. The molecule has 5 aromatic heterocycles. The zero-order valence-electron chi connectivity index (χ0n) is 37.4. The van der Waals surface area contributed by atoms with E-state index in [0.717, 1.165) is 60.7 Å². The van der Waals surface area contributed by atoms with Crippen LogP contribution < -0.4 is 5.19 Å². The minimum atomic E-state index is -2.19. The molecule has 0 bridgehead atoms. The van der Waals surface area contributed by atoms with Crippen LogP contribution >= 0.6 is 11.3 Å². The molecule has 5 heterocycles. The number of aromatic nitrogens is 4. The van der Waals surface area contributed by atoms with Crippen LogP contribution in [0, 0.1) is 45.6 Å². The Morgan fingerprint density at radius 3 is 2.38 bits per heavy atom. The summed E-state index contributed by atoms with van der Waals surface area (Å²) >= 11 is 1.86. The third kappa shape index (κ3) is 6.99. The van der Waals surface area contributed by atoms with Gasteiger partial charge in [-0.2, -0.15) is 0 Å². The van der Waals surface area contributed by atoms with Gasteiger partial charge in [0.1, 0.15) is 0 Å². The maximum Gasteiger partial charge on any atom is 0.216 e. The fraction of sp³-hybridized carbons (Fsp3) is 0.135. The van der Waals surface area contributed by atoms with E-state index in [1.54, 1.807) is 18.3 Å². The molecule has 303 valence electrons. The number of benzene rings is 6. The summed E-state index contributed by atoms with van der Waals surface area (Å²) in [6.45, 7) is 10.5. The van der Waals surface area contributed by atoms with Gasteiger partial charge >= 0.3 is 0 Å². The number of nitrogens with zero attached hydrogens (tertiary/aromatic N) is 4.